The van der Waals surface area contributed by atoms with Gasteiger partial charge in [0.1, 0.15) is 0 Å². The highest BCUT2D eigenvalue weighted by Crippen LogP contribution is 2.43. The number of aromatic nitrogens is 4. The number of thioether (sulfide) groups is 1. The first kappa shape index (κ1) is 19.6. The number of nitrogens with zero attached hydrogens (tertiary/aromatic N) is 4. The lowest BCUT2D eigenvalue weighted by Crippen LogP contribution is -2.40. The number of carbonyl (C=O) groups excluding carboxylic acids is 1. The summed E-state index contributed by atoms with van der Waals surface area (Å²) in [6, 6.07) is 17.1. The lowest BCUT2D eigenvalue weighted by Gasteiger charge is -2.25. The number of rotatable bonds is 5. The molecule has 7 heteroatoms. The van der Waals surface area contributed by atoms with E-state index in [0.717, 1.165) is 52.4 Å². The molecule has 32 heavy (non-hydrogen) atoms. The molecule has 4 aromatic rings. The Balaban J connectivity index is 1.31. The molecule has 2 aromatic carbocycles. The van der Waals surface area contributed by atoms with Crippen LogP contribution in [0.25, 0.3) is 22.3 Å². The molecule has 1 amide bonds. The van der Waals surface area contributed by atoms with Gasteiger partial charge in [0.05, 0.1) is 5.25 Å². The smallest absolute Gasteiger partial charge is 0.240 e. The van der Waals surface area contributed by atoms with Crippen molar-refractivity contribution in [2.24, 2.45) is 0 Å². The minimum absolute atomic E-state index is 0.131. The highest BCUT2D eigenvalue weighted by molar-refractivity contribution is 8.00. The van der Waals surface area contributed by atoms with E-state index in [1.807, 2.05) is 42.3 Å². The molecule has 2 aliphatic rings. The van der Waals surface area contributed by atoms with Gasteiger partial charge in [0.25, 0.3) is 0 Å². The molecule has 0 spiro atoms. The van der Waals surface area contributed by atoms with Crippen molar-refractivity contribution < 1.29 is 4.79 Å². The Morgan fingerprint density at radius 2 is 1.91 bits per heavy atom. The van der Waals surface area contributed by atoms with Crippen molar-refractivity contribution >= 4 is 34.3 Å². The maximum atomic E-state index is 13.5. The third-order valence-electron chi connectivity index (χ3n) is 6.48. The highest BCUT2D eigenvalue weighted by atomic mass is 32.2. The molecular formula is C25H25N5OS. The van der Waals surface area contributed by atoms with Gasteiger partial charge in [-0.05, 0) is 50.8 Å². The predicted molar refractivity (Wildman–Crippen MR) is 128 cm³/mol. The molecule has 6 rings (SSSR count). The van der Waals surface area contributed by atoms with Crippen molar-refractivity contribution in [2.45, 2.75) is 55.6 Å². The van der Waals surface area contributed by atoms with Crippen LogP contribution >= 0.6 is 11.8 Å². The minimum Gasteiger partial charge on any atom is -0.360 e. The Bertz CT molecular complexity index is 1320. The van der Waals surface area contributed by atoms with E-state index in [-0.39, 0.29) is 17.2 Å². The highest BCUT2D eigenvalue weighted by Gasteiger charge is 2.36. The van der Waals surface area contributed by atoms with Gasteiger partial charge in [0.2, 0.25) is 5.91 Å². The second-order valence-corrected chi connectivity index (χ2v) is 10.1. The van der Waals surface area contributed by atoms with Crippen molar-refractivity contribution in [1.82, 2.24) is 19.7 Å². The van der Waals surface area contributed by atoms with E-state index in [0.29, 0.717) is 6.04 Å². The van der Waals surface area contributed by atoms with Crippen molar-refractivity contribution in [3.8, 4) is 11.4 Å². The normalized spacial score (nSPS) is 18.8. The largest absolute Gasteiger partial charge is 0.360 e. The first-order chi connectivity index (χ1) is 15.6. The van der Waals surface area contributed by atoms with E-state index in [1.165, 1.54) is 17.3 Å². The van der Waals surface area contributed by atoms with Crippen molar-refractivity contribution in [1.29, 1.82) is 0 Å². The molecule has 0 unspecified atom stereocenters. The monoisotopic (exact) mass is 443 g/mol. The number of H-pyrrole nitrogens is 1. The molecular weight excluding hydrogens is 418 g/mol. The fourth-order valence-corrected chi connectivity index (χ4v) is 5.73. The summed E-state index contributed by atoms with van der Waals surface area (Å²) in [5, 5.41) is 10.8. The van der Waals surface area contributed by atoms with Crippen LogP contribution in [0.2, 0.25) is 0 Å². The maximum absolute atomic E-state index is 13.5. The van der Waals surface area contributed by atoms with Gasteiger partial charge < -0.3 is 9.88 Å². The first-order valence-corrected chi connectivity index (χ1v) is 12.1. The maximum Gasteiger partial charge on any atom is 0.240 e. The van der Waals surface area contributed by atoms with Crippen LogP contribution in [0.4, 0.5) is 5.69 Å². The van der Waals surface area contributed by atoms with Crippen LogP contribution in [-0.2, 0) is 11.2 Å². The van der Waals surface area contributed by atoms with Crippen molar-refractivity contribution in [3.63, 3.8) is 0 Å². The molecule has 0 saturated heterocycles. The van der Waals surface area contributed by atoms with Crippen LogP contribution in [0.1, 0.15) is 38.3 Å². The molecule has 2 aromatic heterocycles. The van der Waals surface area contributed by atoms with Gasteiger partial charge in [-0.1, -0.05) is 48.2 Å². The molecule has 1 fully saturated rings. The zero-order valence-corrected chi connectivity index (χ0v) is 19.0. The average Bonchev–Trinajstić information content (AvgIpc) is 3.27. The van der Waals surface area contributed by atoms with Crippen LogP contribution in [-0.4, -0.2) is 36.9 Å². The zero-order valence-electron chi connectivity index (χ0n) is 18.2. The number of anilines is 1. The Kier molecular flexibility index (Phi) is 4.61. The fraction of sp³-hybridized carbons (Fsp3) is 0.320. The SMILES string of the molecule is C[C@H](Sc1nnc(-c2c[nH]c3ccccc23)n1C1CC1)C(=O)N1c2ccccc2C[C@@H]1C. The second-order valence-electron chi connectivity index (χ2n) is 8.81. The Morgan fingerprint density at radius 1 is 1.12 bits per heavy atom. The second kappa shape index (κ2) is 7.52. The predicted octanol–water partition coefficient (Wildman–Crippen LogP) is 5.22. The summed E-state index contributed by atoms with van der Waals surface area (Å²) in [6.45, 7) is 4.11. The standard InChI is InChI=1S/C25H25N5OS/c1-15-13-17-7-3-6-10-22(17)29(15)24(31)16(2)32-25-28-27-23(30(25)18-11-12-18)20-14-26-21-9-5-4-8-19(20)21/h3-10,14-16,18,26H,11-13H2,1-2H3/t15-,16-/m0/s1. The molecule has 162 valence electrons. The molecule has 3 heterocycles. The molecule has 1 aliphatic heterocycles. The third-order valence-corrected chi connectivity index (χ3v) is 7.53. The van der Waals surface area contributed by atoms with Crippen LogP contribution in [0.15, 0.2) is 59.9 Å². The van der Waals surface area contributed by atoms with Crippen LogP contribution in [0.5, 0.6) is 0 Å². The summed E-state index contributed by atoms with van der Waals surface area (Å²) in [4.78, 5) is 18.8. The number of nitrogens with one attached hydrogen (secondary N) is 1. The van der Waals surface area contributed by atoms with E-state index in [2.05, 4.69) is 50.9 Å². The molecule has 0 bridgehead atoms. The van der Waals surface area contributed by atoms with Crippen LogP contribution in [0.3, 0.4) is 0 Å². The molecule has 6 nitrogen and oxygen atoms in total. The number of hydrogen-bond acceptors (Lipinski definition) is 4. The molecule has 1 saturated carbocycles. The number of carbonyl (C=O) groups is 1. The quantitative estimate of drug-likeness (QED) is 0.430. The summed E-state index contributed by atoms with van der Waals surface area (Å²) < 4.78 is 2.24. The first-order valence-electron chi connectivity index (χ1n) is 11.2. The average molecular weight is 444 g/mol. The van der Waals surface area contributed by atoms with Gasteiger partial charge in [-0.15, -0.1) is 10.2 Å². The summed E-state index contributed by atoms with van der Waals surface area (Å²) in [7, 11) is 0. The number of fused-ring (bicyclic) bond motifs is 2. The third kappa shape index (κ3) is 3.14. The Morgan fingerprint density at radius 3 is 2.75 bits per heavy atom. The van der Waals surface area contributed by atoms with Crippen LogP contribution in [0, 0.1) is 0 Å². The fourth-order valence-electron chi connectivity index (χ4n) is 4.77. The minimum atomic E-state index is -0.249. The molecule has 2 atom stereocenters. The van der Waals surface area contributed by atoms with Crippen LogP contribution < -0.4 is 4.90 Å². The van der Waals surface area contributed by atoms with E-state index >= 15 is 0 Å². The van der Waals surface area contributed by atoms with Crippen molar-refractivity contribution in [3.05, 3.63) is 60.3 Å². The number of aromatic amines is 1. The van der Waals surface area contributed by atoms with E-state index in [1.54, 1.807) is 0 Å². The van der Waals surface area contributed by atoms with Gasteiger partial charge in [-0.25, -0.2) is 0 Å². The van der Waals surface area contributed by atoms with Crippen molar-refractivity contribution in [2.75, 3.05) is 4.90 Å². The summed E-state index contributed by atoms with van der Waals surface area (Å²) in [6.07, 6.45) is 5.17. The summed E-state index contributed by atoms with van der Waals surface area (Å²) in [5.74, 6) is 1.01. The zero-order chi connectivity index (χ0) is 21.8. The van der Waals surface area contributed by atoms with E-state index < -0.39 is 0 Å². The lowest BCUT2D eigenvalue weighted by molar-refractivity contribution is -0.118. The Hall–Kier alpha value is -3.06. The number of para-hydroxylation sites is 2. The topological polar surface area (TPSA) is 66.8 Å². The Labute approximate surface area is 191 Å². The van der Waals surface area contributed by atoms with Gasteiger partial charge in [-0.3, -0.25) is 9.36 Å². The number of amides is 1. The molecule has 1 N–H and O–H groups in total. The summed E-state index contributed by atoms with van der Waals surface area (Å²) in [5.41, 5.74) is 4.44. The summed E-state index contributed by atoms with van der Waals surface area (Å²) >= 11 is 1.52. The lowest BCUT2D eigenvalue weighted by atomic mass is 10.1. The molecule has 1 aliphatic carbocycles. The molecule has 0 radical (unpaired) electrons. The number of hydrogen-bond donors (Lipinski definition) is 1. The van der Waals surface area contributed by atoms with Gasteiger partial charge in [-0.2, -0.15) is 0 Å². The number of benzene rings is 2. The van der Waals surface area contributed by atoms with Gasteiger partial charge in [0, 0.05) is 40.4 Å². The van der Waals surface area contributed by atoms with Gasteiger partial charge in [0.15, 0.2) is 11.0 Å². The van der Waals surface area contributed by atoms with E-state index in [9.17, 15) is 4.79 Å². The van der Waals surface area contributed by atoms with Gasteiger partial charge >= 0.3 is 0 Å². The van der Waals surface area contributed by atoms with E-state index in [4.69, 9.17) is 0 Å².